The Morgan fingerprint density at radius 2 is 2.04 bits per heavy atom. The van der Waals surface area contributed by atoms with Crippen molar-refractivity contribution in [1.29, 1.82) is 0 Å². The smallest absolute Gasteiger partial charge is 0.242 e. The van der Waals surface area contributed by atoms with Gasteiger partial charge in [-0.25, -0.2) is 21.1 Å². The maximum atomic E-state index is 12.2. The van der Waals surface area contributed by atoms with Crippen LogP contribution in [0.15, 0.2) is 23.1 Å². The summed E-state index contributed by atoms with van der Waals surface area (Å²) < 4.78 is 53.6. The van der Waals surface area contributed by atoms with Crippen LogP contribution in [0, 0.1) is 5.92 Å². The number of sulfone groups is 1. The van der Waals surface area contributed by atoms with Crippen LogP contribution >= 0.6 is 0 Å². The van der Waals surface area contributed by atoms with E-state index in [0.717, 1.165) is 4.31 Å². The first-order valence-electron chi connectivity index (χ1n) is 7.66. The van der Waals surface area contributed by atoms with Crippen LogP contribution in [0.2, 0.25) is 0 Å². The van der Waals surface area contributed by atoms with Gasteiger partial charge in [-0.1, -0.05) is 0 Å². The molecular formula is C15H22N2O6S2. The molecule has 1 aliphatic heterocycles. The summed E-state index contributed by atoms with van der Waals surface area (Å²) in [7, 11) is -2.46. The number of nitrogens with zero attached hydrogens (tertiary/aromatic N) is 1. The summed E-state index contributed by atoms with van der Waals surface area (Å²) in [5, 5.41) is 2.63. The second-order valence-electron chi connectivity index (χ2n) is 6.17. The minimum absolute atomic E-state index is 0.00655. The van der Waals surface area contributed by atoms with E-state index in [-0.39, 0.29) is 40.3 Å². The van der Waals surface area contributed by atoms with Gasteiger partial charge in [0.2, 0.25) is 15.9 Å². The highest BCUT2D eigenvalue weighted by Crippen LogP contribution is 2.29. The molecule has 1 atom stereocenters. The first kappa shape index (κ1) is 19.7. The van der Waals surface area contributed by atoms with Gasteiger partial charge in [0, 0.05) is 20.5 Å². The fraction of sp³-hybridized carbons (Fsp3) is 0.533. The number of nitrogens with one attached hydrogen (secondary N) is 1. The predicted octanol–water partition coefficient (Wildman–Crippen LogP) is 0.709. The average molecular weight is 390 g/mol. The quantitative estimate of drug-likeness (QED) is 0.766. The van der Waals surface area contributed by atoms with Crippen molar-refractivity contribution in [3.05, 3.63) is 18.2 Å². The molecule has 0 unspecified atom stereocenters. The number of sulfonamides is 1. The molecule has 1 saturated heterocycles. The molecule has 10 heteroatoms. The van der Waals surface area contributed by atoms with E-state index in [1.165, 1.54) is 39.4 Å². The average Bonchev–Trinajstić information content (AvgIpc) is 2.85. The van der Waals surface area contributed by atoms with Crippen LogP contribution in [0.1, 0.15) is 12.8 Å². The van der Waals surface area contributed by atoms with Gasteiger partial charge in [-0.05, 0) is 30.5 Å². The van der Waals surface area contributed by atoms with Crippen molar-refractivity contribution < 1.29 is 26.4 Å². The van der Waals surface area contributed by atoms with Gasteiger partial charge in [0.1, 0.15) is 5.75 Å². The third kappa shape index (κ3) is 4.71. The zero-order valence-corrected chi connectivity index (χ0v) is 16.0. The Bertz CT molecular complexity index is 862. The molecule has 0 bridgehead atoms. The molecule has 1 aromatic rings. The van der Waals surface area contributed by atoms with Gasteiger partial charge < -0.3 is 10.1 Å². The molecular weight excluding hydrogens is 368 g/mol. The largest absolute Gasteiger partial charge is 0.495 e. The van der Waals surface area contributed by atoms with E-state index >= 15 is 0 Å². The van der Waals surface area contributed by atoms with Gasteiger partial charge in [0.25, 0.3) is 0 Å². The maximum Gasteiger partial charge on any atom is 0.242 e. The monoisotopic (exact) mass is 390 g/mol. The summed E-state index contributed by atoms with van der Waals surface area (Å²) >= 11 is 0. The third-order valence-corrected chi connectivity index (χ3v) is 7.67. The van der Waals surface area contributed by atoms with Crippen LogP contribution in [-0.4, -0.2) is 59.8 Å². The minimum atomic E-state index is -3.65. The van der Waals surface area contributed by atoms with E-state index in [0.29, 0.717) is 12.2 Å². The Morgan fingerprint density at radius 1 is 1.36 bits per heavy atom. The molecule has 0 spiro atoms. The van der Waals surface area contributed by atoms with E-state index in [4.69, 9.17) is 4.74 Å². The summed E-state index contributed by atoms with van der Waals surface area (Å²) in [5.41, 5.74) is 0.233. The number of benzene rings is 1. The molecule has 0 aromatic heterocycles. The molecule has 0 radical (unpaired) electrons. The highest BCUT2D eigenvalue weighted by Gasteiger charge is 2.29. The number of carbonyl (C=O) groups is 1. The topological polar surface area (TPSA) is 110 Å². The van der Waals surface area contributed by atoms with E-state index in [9.17, 15) is 21.6 Å². The summed E-state index contributed by atoms with van der Waals surface area (Å²) in [4.78, 5) is 12.2. The fourth-order valence-corrected chi connectivity index (χ4v) is 5.44. The van der Waals surface area contributed by atoms with Crippen molar-refractivity contribution in [3.8, 4) is 5.75 Å². The van der Waals surface area contributed by atoms with Crippen molar-refractivity contribution in [3.63, 3.8) is 0 Å². The molecule has 1 amide bonds. The normalized spacial score (nSPS) is 19.8. The summed E-state index contributed by atoms with van der Waals surface area (Å²) in [5.74, 6) is -0.160. The lowest BCUT2D eigenvalue weighted by atomic mass is 10.0. The second kappa shape index (κ2) is 7.30. The molecule has 25 heavy (non-hydrogen) atoms. The van der Waals surface area contributed by atoms with Gasteiger partial charge in [0.15, 0.2) is 9.84 Å². The Morgan fingerprint density at radius 3 is 2.56 bits per heavy atom. The van der Waals surface area contributed by atoms with E-state index in [1.807, 2.05) is 0 Å². The van der Waals surface area contributed by atoms with Crippen LogP contribution in [0.4, 0.5) is 5.69 Å². The number of hydrogen-bond acceptors (Lipinski definition) is 6. The number of hydrogen-bond donors (Lipinski definition) is 1. The second-order valence-corrected chi connectivity index (χ2v) is 10.6. The summed E-state index contributed by atoms with van der Waals surface area (Å²) in [6.45, 7) is 0. The molecule has 1 aromatic carbocycles. The Kier molecular flexibility index (Phi) is 5.75. The highest BCUT2D eigenvalue weighted by atomic mass is 32.2. The first-order valence-corrected chi connectivity index (χ1v) is 10.9. The maximum absolute atomic E-state index is 12.2. The Hall–Kier alpha value is -1.65. The summed E-state index contributed by atoms with van der Waals surface area (Å²) in [6, 6.07) is 4.19. The fourth-order valence-electron chi connectivity index (χ4n) is 2.65. The predicted molar refractivity (Wildman–Crippen MR) is 93.9 cm³/mol. The number of ether oxygens (including phenoxy) is 1. The third-order valence-electron chi connectivity index (χ3n) is 4.02. The van der Waals surface area contributed by atoms with Crippen LogP contribution in [0.3, 0.4) is 0 Å². The molecule has 1 aliphatic rings. The van der Waals surface area contributed by atoms with Crippen molar-refractivity contribution in [2.45, 2.75) is 17.7 Å². The van der Waals surface area contributed by atoms with Crippen LogP contribution in [0.25, 0.3) is 0 Å². The van der Waals surface area contributed by atoms with Crippen molar-refractivity contribution in [2.24, 2.45) is 5.92 Å². The number of anilines is 1. The lowest BCUT2D eigenvalue weighted by Gasteiger charge is -2.15. The Balaban J connectivity index is 2.19. The van der Waals surface area contributed by atoms with Crippen LogP contribution in [-0.2, 0) is 24.7 Å². The molecule has 1 fully saturated rings. The molecule has 0 aliphatic carbocycles. The van der Waals surface area contributed by atoms with Gasteiger partial charge in [0.05, 0.1) is 29.2 Å². The van der Waals surface area contributed by atoms with E-state index in [1.54, 1.807) is 0 Å². The van der Waals surface area contributed by atoms with Gasteiger partial charge in [-0.15, -0.1) is 0 Å². The molecule has 1 N–H and O–H groups in total. The molecule has 0 saturated carbocycles. The molecule has 140 valence electrons. The summed E-state index contributed by atoms with van der Waals surface area (Å²) in [6.07, 6.45) is 0.523. The molecule has 1 heterocycles. The van der Waals surface area contributed by atoms with Gasteiger partial charge in [-0.2, -0.15) is 0 Å². The van der Waals surface area contributed by atoms with Crippen LogP contribution in [0.5, 0.6) is 5.75 Å². The number of carbonyl (C=O) groups excluding carboxylic acids is 1. The molecule has 2 rings (SSSR count). The standard InChI is InChI=1S/C15H22N2O6S2/c1-17(2)25(21,22)12-4-5-14(23-3)13(9-12)16-15(18)8-11-6-7-24(19,20)10-11/h4-5,9,11H,6-8,10H2,1-3H3,(H,16,18)/t11-/m0/s1. The first-order chi connectivity index (χ1) is 11.5. The number of rotatable bonds is 6. The van der Waals surface area contributed by atoms with E-state index in [2.05, 4.69) is 5.32 Å². The lowest BCUT2D eigenvalue weighted by Crippen LogP contribution is -2.23. The van der Waals surface area contributed by atoms with Crippen molar-refractivity contribution >= 4 is 31.5 Å². The van der Waals surface area contributed by atoms with Gasteiger partial charge >= 0.3 is 0 Å². The SMILES string of the molecule is COc1ccc(S(=O)(=O)N(C)C)cc1NC(=O)C[C@@H]1CCS(=O)(=O)C1. The number of amides is 1. The van der Waals surface area contributed by atoms with Crippen molar-refractivity contribution in [1.82, 2.24) is 4.31 Å². The van der Waals surface area contributed by atoms with Crippen molar-refractivity contribution in [2.75, 3.05) is 38.0 Å². The lowest BCUT2D eigenvalue weighted by molar-refractivity contribution is -0.116. The zero-order chi connectivity index (χ0) is 18.8. The number of methoxy groups -OCH3 is 1. The molecule has 8 nitrogen and oxygen atoms in total. The van der Waals surface area contributed by atoms with E-state index < -0.39 is 19.9 Å². The van der Waals surface area contributed by atoms with Gasteiger partial charge in [-0.3, -0.25) is 4.79 Å². The zero-order valence-electron chi connectivity index (χ0n) is 14.4. The highest BCUT2D eigenvalue weighted by molar-refractivity contribution is 7.91. The Labute approximate surface area is 148 Å². The minimum Gasteiger partial charge on any atom is -0.495 e. The van der Waals surface area contributed by atoms with Crippen LogP contribution < -0.4 is 10.1 Å².